The maximum absolute atomic E-state index is 14.7. The second kappa shape index (κ2) is 28.5. The number of carbonyl (C=O) groups is 6. The lowest BCUT2D eigenvalue weighted by Gasteiger charge is -2.25. The molecular weight excluding hydrogens is 1180 g/mol. The fourth-order valence-electron chi connectivity index (χ4n) is 10.1. The van der Waals surface area contributed by atoms with Gasteiger partial charge >= 0.3 is 0 Å². The molecule has 0 bridgehead atoms. The number of benzene rings is 2. The van der Waals surface area contributed by atoms with E-state index in [1.807, 2.05) is 0 Å². The minimum absolute atomic E-state index is 0.0158. The number of nitrogens with zero attached hydrogens (tertiary/aromatic N) is 4. The topological polar surface area (TPSA) is 304 Å². The van der Waals surface area contributed by atoms with Gasteiger partial charge in [0.15, 0.2) is 58.7 Å². The molecule has 4 heterocycles. The van der Waals surface area contributed by atoms with Gasteiger partial charge < -0.3 is 56.2 Å². The van der Waals surface area contributed by atoms with E-state index in [9.17, 15) is 63.9 Å². The largest absolute Gasteiger partial charge is 0.479 e. The van der Waals surface area contributed by atoms with Crippen molar-refractivity contribution in [2.75, 3.05) is 43.7 Å². The highest BCUT2D eigenvalue weighted by Gasteiger charge is 2.39. The fourth-order valence-corrected chi connectivity index (χ4v) is 10.1. The number of hydrogen-bond donors (Lipinski definition) is 6. The van der Waals surface area contributed by atoms with Crippen LogP contribution in [0.5, 0.6) is 17.4 Å². The molecule has 2 saturated carbocycles. The number of anilines is 3. The summed E-state index contributed by atoms with van der Waals surface area (Å²) < 4.78 is 140. The van der Waals surface area contributed by atoms with Gasteiger partial charge in [-0.05, 0) is 91.4 Å². The second-order valence-corrected chi connectivity index (χ2v) is 21.6. The molecule has 8 rings (SSSR count). The molecule has 2 aliphatic carbocycles. The van der Waals surface area contributed by atoms with Gasteiger partial charge in [-0.25, -0.2) is 32.5 Å². The van der Waals surface area contributed by atoms with Crippen LogP contribution in [0, 0.1) is 58.4 Å². The quantitative estimate of drug-likeness (QED) is 0.0227. The molecule has 0 spiro atoms. The SMILES string of the molecule is COC(C)(C)C(=O)NC(Cc1ccc(NC2CCC(C(=O)N[C@@H](Cc3cnc(N)c(C4CCCC4C(=O)N[C@H](Cc4ccc(N)nc4)C(=O)COc4c(F)c(F)cc(F)c4F)c3)C(=O)COc3c(F)c(F)cc(F)c3F)C2)nc1)C(=O)COc1ccon1. The van der Waals surface area contributed by atoms with Gasteiger partial charge in [0.05, 0.1) is 18.1 Å². The number of pyridine rings is 3. The van der Waals surface area contributed by atoms with Crippen molar-refractivity contribution in [1.29, 1.82) is 0 Å². The Labute approximate surface area is 497 Å². The lowest BCUT2D eigenvalue weighted by atomic mass is 9.86. The van der Waals surface area contributed by atoms with Gasteiger partial charge in [0.1, 0.15) is 42.5 Å². The maximum atomic E-state index is 14.7. The Bertz CT molecular complexity index is 3480. The Morgan fingerprint density at radius 2 is 1.16 bits per heavy atom. The van der Waals surface area contributed by atoms with E-state index < -0.39 is 154 Å². The van der Waals surface area contributed by atoms with E-state index in [4.69, 9.17) is 34.9 Å². The first-order chi connectivity index (χ1) is 41.9. The van der Waals surface area contributed by atoms with Crippen LogP contribution in [0.3, 0.4) is 0 Å². The average Bonchev–Trinajstić information content (AvgIpc) is 2.84. The number of rotatable bonds is 28. The highest BCUT2D eigenvalue weighted by Crippen LogP contribution is 2.42. The third-order valence-electron chi connectivity index (χ3n) is 15.2. The van der Waals surface area contributed by atoms with Gasteiger partial charge in [-0.2, -0.15) is 17.6 Å². The molecule has 0 saturated heterocycles. The molecule has 2 fully saturated rings. The number of carbonyl (C=O) groups excluding carboxylic acids is 6. The Morgan fingerprint density at radius 3 is 1.69 bits per heavy atom. The predicted octanol–water partition coefficient (Wildman–Crippen LogP) is 6.45. The van der Waals surface area contributed by atoms with Crippen LogP contribution >= 0.6 is 0 Å². The van der Waals surface area contributed by atoms with Crippen LogP contribution in [0.4, 0.5) is 52.6 Å². The monoisotopic (exact) mass is 1240 g/mol. The zero-order chi connectivity index (χ0) is 63.6. The van der Waals surface area contributed by atoms with Crippen molar-refractivity contribution in [3.8, 4) is 17.4 Å². The molecule has 88 heavy (non-hydrogen) atoms. The minimum Gasteiger partial charge on any atom is -0.479 e. The molecule has 4 aromatic heterocycles. The summed E-state index contributed by atoms with van der Waals surface area (Å²) in [5.41, 5.74) is 12.4. The Kier molecular flexibility index (Phi) is 20.9. The van der Waals surface area contributed by atoms with Crippen molar-refractivity contribution >= 4 is 52.5 Å². The van der Waals surface area contributed by atoms with E-state index in [0.717, 1.165) is 0 Å². The first-order valence-electron chi connectivity index (χ1n) is 27.5. The third kappa shape index (κ3) is 16.0. The number of Topliss-reactive ketones (excluding diaryl/α,β-unsaturated/α-hetero) is 3. The molecular formula is C59H60F8N10O11. The summed E-state index contributed by atoms with van der Waals surface area (Å²) in [5, 5.41) is 14.9. The van der Waals surface area contributed by atoms with Gasteiger partial charge in [0.2, 0.25) is 35.1 Å². The lowest BCUT2D eigenvalue weighted by molar-refractivity contribution is -0.142. The molecule has 2 aromatic carbocycles. The molecule has 29 heteroatoms. The van der Waals surface area contributed by atoms with Crippen LogP contribution in [0.15, 0.2) is 77.9 Å². The van der Waals surface area contributed by atoms with Gasteiger partial charge in [0.25, 0.3) is 11.8 Å². The molecule has 3 amide bonds. The zero-order valence-corrected chi connectivity index (χ0v) is 47.4. The van der Waals surface area contributed by atoms with Gasteiger partial charge in [-0.3, -0.25) is 28.8 Å². The second-order valence-electron chi connectivity index (χ2n) is 21.6. The standard InChI is InChI=1S/C59H60F8N10O11/c1-59(2,84-3)58(83)76-42(43(78)25-85-48-13-14-88-77-48)17-29-8-12-47(71-23-29)73-32-10-9-31(19-32)56(81)74-41(45(80)27-87-54-51(66)38(62)21-39(63)52(54)67)18-30-15-35(55(69)72-24-30)33-5-4-6-34(33)57(82)75-40(16-28-7-11-46(68)70-22-28)44(79)26-86-53-49(64)36(60)20-37(61)50(53)65/h7-8,11-15,20-24,31-34,40-42H,4-6,9-10,16-19,25-27H2,1-3H3,(H2,68,70)(H2,69,72)(H,71,73)(H,74,81)(H,75,82)(H,76,83)/t31?,32?,33?,34?,40-,41+,42?/m1/s1. The normalized spacial score (nSPS) is 17.5. The Hall–Kier alpha value is -9.28. The number of nitrogens with two attached hydrogens (primary N) is 2. The van der Waals surface area contributed by atoms with Crippen molar-refractivity contribution in [3.63, 3.8) is 0 Å². The molecule has 5 unspecified atom stereocenters. The highest BCUT2D eigenvalue weighted by atomic mass is 19.2. The molecule has 8 N–H and O–H groups in total. The molecule has 2 aliphatic rings. The summed E-state index contributed by atoms with van der Waals surface area (Å²) >= 11 is 0. The summed E-state index contributed by atoms with van der Waals surface area (Å²) in [6.45, 7) is 0.284. The first kappa shape index (κ1) is 64.7. The summed E-state index contributed by atoms with van der Waals surface area (Å²) in [4.78, 5) is 95.4. The van der Waals surface area contributed by atoms with Crippen LogP contribution in [0.2, 0.25) is 0 Å². The molecule has 7 atom stereocenters. The van der Waals surface area contributed by atoms with Crippen LogP contribution in [0.25, 0.3) is 0 Å². The third-order valence-corrected chi connectivity index (χ3v) is 15.2. The number of methoxy groups -OCH3 is 1. The number of nitrogens with one attached hydrogen (secondary N) is 4. The van der Waals surface area contributed by atoms with Crippen molar-refractivity contribution in [1.82, 2.24) is 36.1 Å². The molecule has 6 aromatic rings. The first-order valence-corrected chi connectivity index (χ1v) is 27.5. The number of ketones is 3. The molecule has 21 nitrogen and oxygen atoms in total. The van der Waals surface area contributed by atoms with E-state index in [1.54, 1.807) is 12.1 Å². The molecule has 0 aliphatic heterocycles. The number of hydrogen-bond acceptors (Lipinski definition) is 18. The van der Waals surface area contributed by atoms with Crippen molar-refractivity contribution < 1.29 is 87.4 Å². The Balaban J connectivity index is 0.957. The van der Waals surface area contributed by atoms with Crippen LogP contribution in [-0.2, 0) is 52.8 Å². The highest BCUT2D eigenvalue weighted by molar-refractivity contribution is 5.94. The smallest absolute Gasteiger partial charge is 0.254 e. The lowest BCUT2D eigenvalue weighted by Crippen LogP contribution is -2.52. The Morgan fingerprint density at radius 1 is 0.625 bits per heavy atom. The molecule has 468 valence electrons. The van der Waals surface area contributed by atoms with Gasteiger partial charge in [-0.1, -0.05) is 24.6 Å². The number of halogens is 8. The van der Waals surface area contributed by atoms with Gasteiger partial charge in [0, 0.05) is 81.0 Å². The summed E-state index contributed by atoms with van der Waals surface area (Å²) in [6.07, 6.45) is 6.72. The van der Waals surface area contributed by atoms with Crippen molar-refractivity contribution in [2.24, 2.45) is 11.8 Å². The van der Waals surface area contributed by atoms with E-state index in [1.165, 1.54) is 70.1 Å². The zero-order valence-electron chi connectivity index (χ0n) is 47.4. The number of amides is 3. The predicted molar refractivity (Wildman–Crippen MR) is 295 cm³/mol. The van der Waals surface area contributed by atoms with Crippen molar-refractivity contribution in [3.05, 3.63) is 142 Å². The van der Waals surface area contributed by atoms with E-state index in [2.05, 4.69) is 41.4 Å². The molecule has 0 radical (unpaired) electrons. The fraction of sp³-hybridized carbons (Fsp3) is 0.390. The van der Waals surface area contributed by atoms with Gasteiger partial charge in [-0.15, -0.1) is 0 Å². The van der Waals surface area contributed by atoms with E-state index in [0.29, 0.717) is 48.2 Å². The maximum Gasteiger partial charge on any atom is 0.254 e. The van der Waals surface area contributed by atoms with E-state index >= 15 is 0 Å². The summed E-state index contributed by atoms with van der Waals surface area (Å²) in [6, 6.07) is 4.69. The van der Waals surface area contributed by atoms with Crippen molar-refractivity contribution in [2.45, 2.75) is 107 Å². The number of nitrogen functional groups attached to an aromatic ring is 2. The number of ether oxygens (including phenoxy) is 4. The summed E-state index contributed by atoms with van der Waals surface area (Å²) in [5.74, 6) is -23.9. The summed E-state index contributed by atoms with van der Waals surface area (Å²) in [7, 11) is 1.35. The van der Waals surface area contributed by atoms with E-state index in [-0.39, 0.29) is 73.4 Å². The average molecular weight is 1240 g/mol. The van der Waals surface area contributed by atoms with Crippen LogP contribution < -0.4 is 46.9 Å². The number of aromatic nitrogens is 4. The van der Waals surface area contributed by atoms with Crippen LogP contribution in [-0.4, -0.2) is 112 Å². The minimum atomic E-state index is -1.92. The van der Waals surface area contributed by atoms with Crippen LogP contribution in [0.1, 0.15) is 80.5 Å².